The Morgan fingerprint density at radius 2 is 2.17 bits per heavy atom. The summed E-state index contributed by atoms with van der Waals surface area (Å²) in [6, 6.07) is 7.26. The van der Waals surface area contributed by atoms with Crippen molar-refractivity contribution in [2.24, 2.45) is 0 Å². The minimum atomic E-state index is 0.272. The summed E-state index contributed by atoms with van der Waals surface area (Å²) >= 11 is 0. The summed E-state index contributed by atoms with van der Waals surface area (Å²) in [5.41, 5.74) is 0.796. The fraction of sp³-hybridized carbons (Fsp3) is 0.0909. The van der Waals surface area contributed by atoms with Crippen LogP contribution in [0.3, 0.4) is 0 Å². The predicted octanol–water partition coefficient (Wildman–Crippen LogP) is 1.68. The molecule has 0 bridgehead atoms. The van der Waals surface area contributed by atoms with Crippen molar-refractivity contribution in [2.75, 3.05) is 6.61 Å². The molecular weight excluding hydrogens is 148 g/mol. The maximum atomic E-state index is 5.20. The molecule has 0 spiro atoms. The van der Waals surface area contributed by atoms with E-state index in [0.717, 1.165) is 5.56 Å². The molecule has 0 aromatic heterocycles. The Hall–Kier alpha value is -1.86. The van der Waals surface area contributed by atoms with Crippen LogP contribution in [0.2, 0.25) is 0 Å². The molecule has 0 N–H and O–H groups in total. The minimum absolute atomic E-state index is 0.272. The first-order chi connectivity index (χ1) is 5.86. The van der Waals surface area contributed by atoms with E-state index in [4.69, 9.17) is 17.6 Å². The molecule has 0 unspecified atom stereocenters. The summed E-state index contributed by atoms with van der Waals surface area (Å²) in [6.45, 7) is 0.272. The predicted molar refractivity (Wildman–Crippen MR) is 48.7 cm³/mol. The van der Waals surface area contributed by atoms with Crippen LogP contribution < -0.4 is 4.74 Å². The first-order valence-corrected chi connectivity index (χ1v) is 3.50. The zero-order chi connectivity index (χ0) is 8.81. The lowest BCUT2D eigenvalue weighted by molar-refractivity contribution is 0.370. The molecule has 0 saturated carbocycles. The summed E-state index contributed by atoms with van der Waals surface area (Å²) < 4.78 is 5.17. The van der Waals surface area contributed by atoms with Gasteiger partial charge in [0.1, 0.15) is 12.4 Å². The third kappa shape index (κ3) is 2.08. The molecule has 1 aromatic rings. The van der Waals surface area contributed by atoms with Gasteiger partial charge in [-0.2, -0.15) is 0 Å². The topological polar surface area (TPSA) is 9.23 Å². The van der Waals surface area contributed by atoms with E-state index in [1.54, 1.807) is 6.07 Å². The van der Waals surface area contributed by atoms with Crippen molar-refractivity contribution in [1.29, 1.82) is 0 Å². The zero-order valence-corrected chi connectivity index (χ0v) is 6.58. The van der Waals surface area contributed by atoms with Gasteiger partial charge in [-0.25, -0.2) is 0 Å². The summed E-state index contributed by atoms with van der Waals surface area (Å²) in [7, 11) is 0. The lowest BCUT2D eigenvalue weighted by Gasteiger charge is -2.01. The summed E-state index contributed by atoms with van der Waals surface area (Å²) in [4.78, 5) is 0. The Morgan fingerprint density at radius 1 is 1.33 bits per heavy atom. The average molecular weight is 156 g/mol. The SMILES string of the molecule is C#CCOc1cccc(C#C)c1. The van der Waals surface area contributed by atoms with Crippen molar-refractivity contribution in [2.45, 2.75) is 0 Å². The maximum Gasteiger partial charge on any atom is 0.148 e. The standard InChI is InChI=1S/C11H8O/c1-3-8-12-11-7-5-6-10(4-2)9-11/h1-2,5-7,9H,8H2. The fourth-order valence-corrected chi connectivity index (χ4v) is 0.801. The van der Waals surface area contributed by atoms with Gasteiger partial charge < -0.3 is 4.74 Å². The number of ether oxygens (including phenoxy) is 1. The van der Waals surface area contributed by atoms with Crippen LogP contribution in [0.25, 0.3) is 0 Å². The van der Waals surface area contributed by atoms with E-state index >= 15 is 0 Å². The smallest absolute Gasteiger partial charge is 0.148 e. The molecule has 0 atom stereocenters. The van der Waals surface area contributed by atoms with Gasteiger partial charge in [-0.1, -0.05) is 17.9 Å². The molecule has 0 heterocycles. The lowest BCUT2D eigenvalue weighted by atomic mass is 10.2. The Kier molecular flexibility index (Phi) is 2.82. The number of benzene rings is 1. The van der Waals surface area contributed by atoms with Crippen LogP contribution in [0.5, 0.6) is 5.75 Å². The van der Waals surface area contributed by atoms with Crippen molar-refractivity contribution < 1.29 is 4.74 Å². The molecule has 0 aliphatic rings. The molecule has 58 valence electrons. The Labute approximate surface area is 72.4 Å². The largest absolute Gasteiger partial charge is 0.481 e. The van der Waals surface area contributed by atoms with Crippen LogP contribution >= 0.6 is 0 Å². The van der Waals surface area contributed by atoms with Crippen LogP contribution in [-0.2, 0) is 0 Å². The van der Waals surface area contributed by atoms with Gasteiger partial charge in [0.15, 0.2) is 0 Å². The van der Waals surface area contributed by atoms with E-state index in [-0.39, 0.29) is 6.61 Å². The summed E-state index contributed by atoms with van der Waals surface area (Å²) in [5, 5.41) is 0. The van der Waals surface area contributed by atoms with Gasteiger partial charge in [0.2, 0.25) is 0 Å². The van der Waals surface area contributed by atoms with Crippen LogP contribution in [0, 0.1) is 24.7 Å². The van der Waals surface area contributed by atoms with Crippen LogP contribution in [0.15, 0.2) is 24.3 Å². The first-order valence-electron chi connectivity index (χ1n) is 3.50. The first kappa shape index (κ1) is 8.24. The summed E-state index contributed by atoms with van der Waals surface area (Å²) in [6.07, 6.45) is 10.2. The molecule has 0 aliphatic carbocycles. The fourth-order valence-electron chi connectivity index (χ4n) is 0.801. The Morgan fingerprint density at radius 3 is 2.83 bits per heavy atom. The van der Waals surface area contributed by atoms with Gasteiger partial charge in [-0.3, -0.25) is 0 Å². The van der Waals surface area contributed by atoms with Gasteiger partial charge in [0, 0.05) is 5.56 Å². The quantitative estimate of drug-likeness (QED) is 0.592. The Bertz CT molecular complexity index is 339. The summed E-state index contributed by atoms with van der Waals surface area (Å²) in [5.74, 6) is 5.60. The highest BCUT2D eigenvalue weighted by Crippen LogP contribution is 2.11. The number of rotatable bonds is 2. The van der Waals surface area contributed by atoms with E-state index in [0.29, 0.717) is 5.75 Å². The van der Waals surface area contributed by atoms with Crippen LogP contribution in [0.4, 0.5) is 0 Å². The molecule has 0 saturated heterocycles. The van der Waals surface area contributed by atoms with Crippen molar-refractivity contribution in [1.82, 2.24) is 0 Å². The second-order valence-electron chi connectivity index (χ2n) is 2.16. The van der Waals surface area contributed by atoms with Gasteiger partial charge in [0.05, 0.1) is 0 Å². The zero-order valence-electron chi connectivity index (χ0n) is 6.58. The van der Waals surface area contributed by atoms with Gasteiger partial charge in [-0.05, 0) is 18.2 Å². The van der Waals surface area contributed by atoms with Crippen LogP contribution in [-0.4, -0.2) is 6.61 Å². The molecule has 0 radical (unpaired) electrons. The van der Waals surface area contributed by atoms with E-state index in [1.807, 2.05) is 18.2 Å². The number of hydrogen-bond acceptors (Lipinski definition) is 1. The molecule has 0 fully saturated rings. The number of hydrogen-bond donors (Lipinski definition) is 0. The highest BCUT2D eigenvalue weighted by Gasteiger charge is 1.91. The van der Waals surface area contributed by atoms with Crippen molar-refractivity contribution in [3.63, 3.8) is 0 Å². The maximum absolute atomic E-state index is 5.20. The van der Waals surface area contributed by atoms with Gasteiger partial charge >= 0.3 is 0 Å². The molecule has 1 heteroatoms. The monoisotopic (exact) mass is 156 g/mol. The third-order valence-corrected chi connectivity index (χ3v) is 1.32. The Balaban J connectivity index is 2.76. The highest BCUT2D eigenvalue weighted by atomic mass is 16.5. The van der Waals surface area contributed by atoms with Crippen molar-refractivity contribution in [3.05, 3.63) is 29.8 Å². The van der Waals surface area contributed by atoms with E-state index in [9.17, 15) is 0 Å². The third-order valence-electron chi connectivity index (χ3n) is 1.32. The second kappa shape index (κ2) is 4.11. The van der Waals surface area contributed by atoms with E-state index in [1.165, 1.54) is 0 Å². The highest BCUT2D eigenvalue weighted by molar-refractivity contribution is 5.38. The van der Waals surface area contributed by atoms with E-state index in [2.05, 4.69) is 11.8 Å². The molecular formula is C11H8O. The lowest BCUT2D eigenvalue weighted by Crippen LogP contribution is -1.93. The molecule has 1 nitrogen and oxygen atoms in total. The van der Waals surface area contributed by atoms with Crippen molar-refractivity contribution >= 4 is 0 Å². The van der Waals surface area contributed by atoms with Crippen molar-refractivity contribution in [3.8, 4) is 30.4 Å². The van der Waals surface area contributed by atoms with Gasteiger partial charge in [-0.15, -0.1) is 12.8 Å². The van der Waals surface area contributed by atoms with Crippen LogP contribution in [0.1, 0.15) is 5.56 Å². The number of terminal acetylenes is 2. The van der Waals surface area contributed by atoms with E-state index < -0.39 is 0 Å². The minimum Gasteiger partial charge on any atom is -0.481 e. The molecule has 12 heavy (non-hydrogen) atoms. The second-order valence-corrected chi connectivity index (χ2v) is 2.16. The molecule has 1 aromatic carbocycles. The normalized spacial score (nSPS) is 8.17. The molecule has 1 rings (SSSR count). The molecule has 0 amide bonds. The molecule has 0 aliphatic heterocycles. The average Bonchev–Trinajstić information content (AvgIpc) is 2.15. The van der Waals surface area contributed by atoms with Gasteiger partial charge in [0.25, 0.3) is 0 Å².